The van der Waals surface area contributed by atoms with Crippen LogP contribution in [0.4, 0.5) is 4.39 Å². The number of hydrogen-bond donors (Lipinski definition) is 0. The molecule has 0 spiro atoms. The van der Waals surface area contributed by atoms with Gasteiger partial charge in [0.05, 0.1) is 5.75 Å². The van der Waals surface area contributed by atoms with E-state index in [1.165, 1.54) is 23.9 Å². The van der Waals surface area contributed by atoms with Crippen molar-refractivity contribution in [1.82, 2.24) is 19.3 Å². The molecule has 0 unspecified atom stereocenters. The van der Waals surface area contributed by atoms with Crippen molar-refractivity contribution in [3.63, 3.8) is 0 Å². The van der Waals surface area contributed by atoms with Crippen molar-refractivity contribution >= 4 is 17.5 Å². The molecule has 0 aliphatic carbocycles. The van der Waals surface area contributed by atoms with Crippen LogP contribution in [-0.4, -0.2) is 30.9 Å². The van der Waals surface area contributed by atoms with E-state index < -0.39 is 0 Å². The van der Waals surface area contributed by atoms with Crippen molar-refractivity contribution in [3.8, 4) is 11.4 Å². The van der Waals surface area contributed by atoms with Crippen LogP contribution in [0.3, 0.4) is 0 Å². The largest absolute Gasteiger partial charge is 0.318 e. The van der Waals surface area contributed by atoms with Gasteiger partial charge in [-0.2, -0.15) is 0 Å². The molecule has 7 heteroatoms. The minimum atomic E-state index is -0.286. The van der Waals surface area contributed by atoms with Gasteiger partial charge in [0.1, 0.15) is 12.1 Å². The lowest BCUT2D eigenvalue weighted by Crippen LogP contribution is -2.06. The average Bonchev–Trinajstić information content (AvgIpc) is 3.32. The summed E-state index contributed by atoms with van der Waals surface area (Å²) in [4.78, 5) is 12.9. The molecule has 4 rings (SSSR count). The summed E-state index contributed by atoms with van der Waals surface area (Å²) in [6.45, 7) is 3.84. The van der Waals surface area contributed by atoms with Gasteiger partial charge in [0.25, 0.3) is 0 Å². The Labute approximate surface area is 172 Å². The first kappa shape index (κ1) is 19.1. The monoisotopic (exact) mass is 406 g/mol. The fraction of sp³-hybridized carbons (Fsp3) is 0.136. The smallest absolute Gasteiger partial charge is 0.196 e. The summed E-state index contributed by atoms with van der Waals surface area (Å²) >= 11 is 1.35. The number of Topliss-reactive ketones (excluding diaryl/α,β-unsaturated/α-hetero) is 1. The van der Waals surface area contributed by atoms with Crippen molar-refractivity contribution in [2.45, 2.75) is 19.0 Å². The number of para-hydroxylation sites is 1. The third kappa shape index (κ3) is 3.86. The van der Waals surface area contributed by atoms with Gasteiger partial charge in [0.2, 0.25) is 0 Å². The van der Waals surface area contributed by atoms with E-state index in [9.17, 15) is 9.18 Å². The molecule has 0 aliphatic rings. The zero-order valence-electron chi connectivity index (χ0n) is 16.0. The molecule has 29 heavy (non-hydrogen) atoms. The Balaban J connectivity index is 1.54. The highest BCUT2D eigenvalue weighted by molar-refractivity contribution is 7.99. The second-order valence-corrected chi connectivity index (χ2v) is 7.57. The van der Waals surface area contributed by atoms with Gasteiger partial charge in [-0.25, -0.2) is 4.39 Å². The zero-order chi connectivity index (χ0) is 20.4. The first-order chi connectivity index (χ1) is 14.0. The topological polar surface area (TPSA) is 52.7 Å². The van der Waals surface area contributed by atoms with Gasteiger partial charge in [0.15, 0.2) is 10.9 Å². The maximum absolute atomic E-state index is 13.2. The Morgan fingerprint density at radius 2 is 1.76 bits per heavy atom. The number of aromatic nitrogens is 4. The Morgan fingerprint density at radius 3 is 2.48 bits per heavy atom. The van der Waals surface area contributed by atoms with Crippen LogP contribution in [0.25, 0.3) is 11.4 Å². The predicted octanol–water partition coefficient (Wildman–Crippen LogP) is 4.79. The fourth-order valence-electron chi connectivity index (χ4n) is 3.33. The van der Waals surface area contributed by atoms with Crippen molar-refractivity contribution in [2.75, 3.05) is 5.75 Å². The molecule has 0 atom stereocenters. The fourth-order valence-corrected chi connectivity index (χ4v) is 4.14. The van der Waals surface area contributed by atoms with Gasteiger partial charge in [0, 0.05) is 28.3 Å². The minimum absolute atomic E-state index is 0.0130. The molecule has 146 valence electrons. The Hall–Kier alpha value is -3.19. The van der Waals surface area contributed by atoms with Gasteiger partial charge >= 0.3 is 0 Å². The maximum atomic E-state index is 13.2. The molecule has 0 aliphatic heterocycles. The van der Waals surface area contributed by atoms with Crippen LogP contribution in [0.2, 0.25) is 0 Å². The number of hydrogen-bond acceptors (Lipinski definition) is 4. The molecule has 0 N–H and O–H groups in total. The highest BCUT2D eigenvalue weighted by Gasteiger charge is 2.18. The van der Waals surface area contributed by atoms with Gasteiger partial charge in [-0.1, -0.05) is 30.0 Å². The van der Waals surface area contributed by atoms with Crippen LogP contribution >= 0.6 is 11.8 Å². The van der Waals surface area contributed by atoms with Crippen molar-refractivity contribution in [1.29, 1.82) is 0 Å². The summed E-state index contributed by atoms with van der Waals surface area (Å²) < 4.78 is 17.1. The van der Waals surface area contributed by atoms with E-state index in [2.05, 4.69) is 10.2 Å². The number of ketones is 1. The van der Waals surface area contributed by atoms with E-state index in [0.717, 1.165) is 22.8 Å². The number of benzene rings is 2. The first-order valence-electron chi connectivity index (χ1n) is 9.11. The summed E-state index contributed by atoms with van der Waals surface area (Å²) in [5.74, 6) is -0.0234. The van der Waals surface area contributed by atoms with Crippen molar-refractivity contribution in [2.24, 2.45) is 0 Å². The molecule has 0 saturated carbocycles. The molecule has 5 nitrogen and oxygen atoms in total. The van der Waals surface area contributed by atoms with E-state index in [-0.39, 0.29) is 17.4 Å². The molecule has 4 aromatic rings. The summed E-state index contributed by atoms with van der Waals surface area (Å²) in [5, 5.41) is 8.78. The standard InChI is InChI=1S/C22H19FN4OS/c1-15-12-20(16(2)27(15)19-10-8-17(23)9-11-19)21(28)13-29-22-25-24-14-26(22)18-6-4-3-5-7-18/h3-12,14H,13H2,1-2H3. The number of nitrogens with zero attached hydrogens (tertiary/aromatic N) is 4. The Bertz CT molecular complexity index is 1150. The molecule has 0 radical (unpaired) electrons. The van der Waals surface area contributed by atoms with E-state index in [1.54, 1.807) is 18.5 Å². The van der Waals surface area contributed by atoms with Crippen LogP contribution in [-0.2, 0) is 0 Å². The number of thioether (sulfide) groups is 1. The number of aryl methyl sites for hydroxylation is 1. The summed E-state index contributed by atoms with van der Waals surface area (Å²) in [7, 11) is 0. The molecule has 0 saturated heterocycles. The van der Waals surface area contributed by atoms with Crippen LogP contribution in [0.15, 0.2) is 72.1 Å². The highest BCUT2D eigenvalue weighted by atomic mass is 32.2. The average molecular weight is 406 g/mol. The van der Waals surface area contributed by atoms with E-state index >= 15 is 0 Å². The van der Waals surface area contributed by atoms with Gasteiger partial charge < -0.3 is 4.57 Å². The van der Waals surface area contributed by atoms with Crippen LogP contribution in [0.5, 0.6) is 0 Å². The van der Waals surface area contributed by atoms with Crippen molar-refractivity contribution < 1.29 is 9.18 Å². The lowest BCUT2D eigenvalue weighted by molar-refractivity contribution is 0.102. The quantitative estimate of drug-likeness (QED) is 0.341. The second kappa shape index (κ2) is 8.05. The van der Waals surface area contributed by atoms with Crippen LogP contribution in [0, 0.1) is 19.7 Å². The van der Waals surface area contributed by atoms with Gasteiger partial charge in [-0.15, -0.1) is 10.2 Å². The van der Waals surface area contributed by atoms with Crippen LogP contribution < -0.4 is 0 Å². The first-order valence-corrected chi connectivity index (χ1v) is 10.1. The summed E-state index contributed by atoms with van der Waals surface area (Å²) in [6.07, 6.45) is 1.64. The number of carbonyl (C=O) groups excluding carboxylic acids is 1. The maximum Gasteiger partial charge on any atom is 0.196 e. The molecular formula is C22H19FN4OS. The molecule has 2 aromatic carbocycles. The van der Waals surface area contributed by atoms with E-state index in [1.807, 2.05) is 59.4 Å². The minimum Gasteiger partial charge on any atom is -0.318 e. The normalized spacial score (nSPS) is 11.0. The highest BCUT2D eigenvalue weighted by Crippen LogP contribution is 2.25. The van der Waals surface area contributed by atoms with E-state index in [0.29, 0.717) is 10.7 Å². The third-order valence-electron chi connectivity index (χ3n) is 4.70. The van der Waals surface area contributed by atoms with Gasteiger partial charge in [-0.3, -0.25) is 9.36 Å². The lowest BCUT2D eigenvalue weighted by atomic mass is 10.2. The second-order valence-electron chi connectivity index (χ2n) is 6.63. The number of carbonyl (C=O) groups is 1. The summed E-state index contributed by atoms with van der Waals surface area (Å²) in [6, 6.07) is 17.9. The molecule has 2 heterocycles. The number of rotatable bonds is 6. The van der Waals surface area contributed by atoms with Gasteiger partial charge in [-0.05, 0) is 56.3 Å². The van der Waals surface area contributed by atoms with Crippen molar-refractivity contribution in [3.05, 3.63) is 89.8 Å². The zero-order valence-corrected chi connectivity index (χ0v) is 16.9. The molecule has 0 fully saturated rings. The summed E-state index contributed by atoms with van der Waals surface area (Å²) in [5.41, 5.74) is 4.20. The number of halogens is 1. The molecule has 2 aromatic heterocycles. The third-order valence-corrected chi connectivity index (χ3v) is 5.64. The van der Waals surface area contributed by atoms with E-state index in [4.69, 9.17) is 0 Å². The Kier molecular flexibility index (Phi) is 5.31. The SMILES string of the molecule is Cc1cc(C(=O)CSc2nncn2-c2ccccc2)c(C)n1-c1ccc(F)cc1. The Morgan fingerprint density at radius 1 is 1.03 bits per heavy atom. The molecule has 0 amide bonds. The lowest BCUT2D eigenvalue weighted by Gasteiger charge is -2.10. The predicted molar refractivity (Wildman–Crippen MR) is 112 cm³/mol. The molecule has 0 bridgehead atoms. The van der Waals surface area contributed by atoms with Crippen LogP contribution in [0.1, 0.15) is 21.7 Å². The molecular weight excluding hydrogens is 387 g/mol.